The summed E-state index contributed by atoms with van der Waals surface area (Å²) in [7, 11) is 0. The van der Waals surface area contributed by atoms with Crippen LogP contribution in [0.4, 0.5) is 11.6 Å². The molecule has 158 valence electrons. The highest BCUT2D eigenvalue weighted by molar-refractivity contribution is 5.77. The van der Waals surface area contributed by atoms with E-state index in [0.29, 0.717) is 23.5 Å². The Morgan fingerprint density at radius 1 is 1.13 bits per heavy atom. The van der Waals surface area contributed by atoms with Gasteiger partial charge in [0, 0.05) is 36.9 Å². The van der Waals surface area contributed by atoms with E-state index in [0.717, 1.165) is 43.0 Å². The minimum atomic E-state index is -0.0984. The van der Waals surface area contributed by atoms with Crippen molar-refractivity contribution in [2.75, 3.05) is 11.9 Å². The van der Waals surface area contributed by atoms with Crippen molar-refractivity contribution >= 4 is 22.7 Å². The highest BCUT2D eigenvalue weighted by Crippen LogP contribution is 2.22. The van der Waals surface area contributed by atoms with Gasteiger partial charge in [-0.1, -0.05) is 13.0 Å². The second-order valence-corrected chi connectivity index (χ2v) is 7.66. The molecule has 0 saturated carbocycles. The summed E-state index contributed by atoms with van der Waals surface area (Å²) in [5, 5.41) is 7.21. The van der Waals surface area contributed by atoms with Crippen molar-refractivity contribution in [3.8, 4) is 5.69 Å². The summed E-state index contributed by atoms with van der Waals surface area (Å²) >= 11 is 0. The molecule has 0 amide bonds. The summed E-state index contributed by atoms with van der Waals surface area (Å²) < 4.78 is 3.55. The van der Waals surface area contributed by atoms with Crippen LogP contribution in [0.15, 0.2) is 47.5 Å². The number of pyridine rings is 1. The standard InChI is InChI=1S/C23H25N7O/c1-3-17-12-19(8-10-25-17)30-21-20(22(31)29(30)4-2)14-26-23(28-21)27-18-6-5-15-7-9-24-13-16(15)11-18/h5-6,8,10-12,14,24H,3-4,7,9,13H2,1-2H3,(H,26,27,28). The van der Waals surface area contributed by atoms with Crippen LogP contribution >= 0.6 is 0 Å². The first kappa shape index (κ1) is 19.4. The fraction of sp³-hybridized carbons (Fsp3) is 0.304. The number of hydrogen-bond acceptors (Lipinski definition) is 6. The van der Waals surface area contributed by atoms with Gasteiger partial charge in [0.25, 0.3) is 5.56 Å². The Balaban J connectivity index is 1.59. The molecule has 8 heteroatoms. The smallest absolute Gasteiger partial charge is 0.278 e. The van der Waals surface area contributed by atoms with Gasteiger partial charge in [-0.15, -0.1) is 0 Å². The van der Waals surface area contributed by atoms with Gasteiger partial charge in [-0.25, -0.2) is 14.3 Å². The summed E-state index contributed by atoms with van der Waals surface area (Å²) in [4.78, 5) is 26.5. The number of benzene rings is 1. The molecule has 4 aromatic rings. The molecular formula is C23H25N7O. The molecular weight excluding hydrogens is 390 g/mol. The summed E-state index contributed by atoms with van der Waals surface area (Å²) in [6.45, 7) is 6.42. The van der Waals surface area contributed by atoms with Crippen molar-refractivity contribution in [3.63, 3.8) is 0 Å². The van der Waals surface area contributed by atoms with E-state index in [9.17, 15) is 4.79 Å². The first-order chi connectivity index (χ1) is 15.2. The lowest BCUT2D eigenvalue weighted by molar-refractivity contribution is 0.574. The van der Waals surface area contributed by atoms with Gasteiger partial charge >= 0.3 is 0 Å². The average molecular weight is 416 g/mol. The molecule has 1 aliphatic rings. The molecule has 0 unspecified atom stereocenters. The van der Waals surface area contributed by atoms with Crippen molar-refractivity contribution < 1.29 is 0 Å². The van der Waals surface area contributed by atoms with Crippen LogP contribution in [0.3, 0.4) is 0 Å². The Hall–Kier alpha value is -3.52. The third-order valence-corrected chi connectivity index (χ3v) is 5.73. The lowest BCUT2D eigenvalue weighted by Crippen LogP contribution is -2.23. The molecule has 0 aliphatic carbocycles. The molecule has 2 N–H and O–H groups in total. The molecule has 0 bridgehead atoms. The number of nitrogens with zero attached hydrogens (tertiary/aromatic N) is 5. The van der Waals surface area contributed by atoms with Gasteiger partial charge in [0.2, 0.25) is 5.95 Å². The fourth-order valence-electron chi connectivity index (χ4n) is 4.11. The van der Waals surface area contributed by atoms with E-state index in [1.807, 2.05) is 23.7 Å². The normalized spacial score (nSPS) is 13.4. The van der Waals surface area contributed by atoms with Crippen LogP contribution in [0, 0.1) is 0 Å². The maximum absolute atomic E-state index is 13.0. The molecule has 0 fully saturated rings. The van der Waals surface area contributed by atoms with Gasteiger partial charge in [-0.2, -0.15) is 4.98 Å². The monoisotopic (exact) mass is 415 g/mol. The zero-order chi connectivity index (χ0) is 21.4. The van der Waals surface area contributed by atoms with Crippen LogP contribution in [-0.4, -0.2) is 30.9 Å². The molecule has 8 nitrogen and oxygen atoms in total. The van der Waals surface area contributed by atoms with E-state index in [4.69, 9.17) is 4.98 Å². The number of fused-ring (bicyclic) bond motifs is 2. The molecule has 1 aromatic carbocycles. The first-order valence-electron chi connectivity index (χ1n) is 10.7. The van der Waals surface area contributed by atoms with Crippen molar-refractivity contribution in [1.82, 2.24) is 29.6 Å². The van der Waals surface area contributed by atoms with E-state index < -0.39 is 0 Å². The van der Waals surface area contributed by atoms with E-state index >= 15 is 0 Å². The Kier molecular flexibility index (Phi) is 4.99. The highest BCUT2D eigenvalue weighted by Gasteiger charge is 2.17. The Morgan fingerprint density at radius 3 is 2.87 bits per heavy atom. The molecule has 31 heavy (non-hydrogen) atoms. The highest BCUT2D eigenvalue weighted by atomic mass is 16.1. The lowest BCUT2D eigenvalue weighted by atomic mass is 10.0. The number of aryl methyl sites for hydroxylation is 1. The Morgan fingerprint density at radius 2 is 2.03 bits per heavy atom. The van der Waals surface area contributed by atoms with Crippen LogP contribution < -0.4 is 16.2 Å². The molecule has 0 atom stereocenters. The molecule has 3 aromatic heterocycles. The quantitative estimate of drug-likeness (QED) is 0.521. The number of rotatable bonds is 5. The Labute approximate surface area is 180 Å². The van der Waals surface area contributed by atoms with Crippen molar-refractivity contribution in [3.05, 3.63) is 69.9 Å². The topological polar surface area (TPSA) is 89.7 Å². The van der Waals surface area contributed by atoms with Crippen LogP contribution in [0.2, 0.25) is 0 Å². The van der Waals surface area contributed by atoms with E-state index in [1.54, 1.807) is 17.1 Å². The van der Waals surface area contributed by atoms with Gasteiger partial charge < -0.3 is 10.6 Å². The van der Waals surface area contributed by atoms with E-state index in [1.165, 1.54) is 11.1 Å². The lowest BCUT2D eigenvalue weighted by Gasteiger charge is -2.18. The van der Waals surface area contributed by atoms with Crippen LogP contribution in [0.25, 0.3) is 16.7 Å². The molecule has 0 saturated heterocycles. The Bertz CT molecular complexity index is 1320. The maximum Gasteiger partial charge on any atom is 0.278 e. The summed E-state index contributed by atoms with van der Waals surface area (Å²) in [6, 6.07) is 10.2. The van der Waals surface area contributed by atoms with Crippen LogP contribution in [0.1, 0.15) is 30.7 Å². The second kappa shape index (κ2) is 7.96. The summed E-state index contributed by atoms with van der Waals surface area (Å²) in [6.07, 6.45) is 5.24. The number of anilines is 2. The maximum atomic E-state index is 13.0. The number of hydrogen-bond donors (Lipinski definition) is 2. The third kappa shape index (κ3) is 3.48. The number of aromatic nitrogens is 5. The summed E-state index contributed by atoms with van der Waals surface area (Å²) in [5.74, 6) is 0.461. The predicted octanol–water partition coefficient (Wildman–Crippen LogP) is 2.95. The van der Waals surface area contributed by atoms with Gasteiger partial charge in [0.1, 0.15) is 5.39 Å². The predicted molar refractivity (Wildman–Crippen MR) is 121 cm³/mol. The first-order valence-corrected chi connectivity index (χ1v) is 10.7. The molecule has 5 rings (SSSR count). The number of nitrogens with one attached hydrogen (secondary N) is 2. The average Bonchev–Trinajstić information content (AvgIpc) is 3.10. The third-order valence-electron chi connectivity index (χ3n) is 5.73. The van der Waals surface area contributed by atoms with E-state index in [2.05, 4.69) is 45.7 Å². The fourth-order valence-corrected chi connectivity index (χ4v) is 4.11. The van der Waals surface area contributed by atoms with E-state index in [-0.39, 0.29) is 5.56 Å². The molecule has 4 heterocycles. The van der Waals surface area contributed by atoms with Gasteiger partial charge in [-0.3, -0.25) is 9.78 Å². The van der Waals surface area contributed by atoms with Gasteiger partial charge in [0.15, 0.2) is 5.65 Å². The van der Waals surface area contributed by atoms with Gasteiger partial charge in [-0.05, 0) is 61.7 Å². The molecule has 0 radical (unpaired) electrons. The van der Waals surface area contributed by atoms with Crippen molar-refractivity contribution in [2.24, 2.45) is 0 Å². The minimum Gasteiger partial charge on any atom is -0.324 e. The zero-order valence-corrected chi connectivity index (χ0v) is 17.7. The minimum absolute atomic E-state index is 0.0984. The van der Waals surface area contributed by atoms with Crippen molar-refractivity contribution in [1.29, 1.82) is 0 Å². The molecule has 0 spiro atoms. The second-order valence-electron chi connectivity index (χ2n) is 7.66. The molecule has 1 aliphatic heterocycles. The summed E-state index contributed by atoms with van der Waals surface area (Å²) in [5.41, 5.74) is 5.91. The zero-order valence-electron chi connectivity index (χ0n) is 17.7. The van der Waals surface area contributed by atoms with Crippen LogP contribution in [-0.2, 0) is 25.9 Å². The van der Waals surface area contributed by atoms with Crippen LogP contribution in [0.5, 0.6) is 0 Å². The van der Waals surface area contributed by atoms with Crippen molar-refractivity contribution in [2.45, 2.75) is 39.8 Å². The largest absolute Gasteiger partial charge is 0.324 e. The SMILES string of the molecule is CCc1cc(-n2c3nc(Nc4ccc5c(c4)CNCC5)ncc3c(=O)n2CC)ccn1. The van der Waals surface area contributed by atoms with Gasteiger partial charge in [0.05, 0.1) is 5.69 Å².